The molecular formula is C12H17ClN4. The van der Waals surface area contributed by atoms with Crippen LogP contribution in [0.4, 0.5) is 5.95 Å². The van der Waals surface area contributed by atoms with Crippen LogP contribution in [0.15, 0.2) is 6.07 Å². The molecule has 0 fully saturated rings. The van der Waals surface area contributed by atoms with Gasteiger partial charge in [0.15, 0.2) is 0 Å². The highest BCUT2D eigenvalue weighted by atomic mass is 35.5. The number of anilines is 1. The van der Waals surface area contributed by atoms with Gasteiger partial charge in [-0.15, -0.1) is 0 Å². The van der Waals surface area contributed by atoms with E-state index in [2.05, 4.69) is 16.9 Å². The van der Waals surface area contributed by atoms with Gasteiger partial charge in [-0.25, -0.2) is 9.97 Å². The SMILES string of the molecule is CCCc1nc(Cl)cc2c1nc(N(C)C)n2C. The average Bonchev–Trinajstić information content (AvgIpc) is 2.57. The Hall–Kier alpha value is -1.29. The molecule has 0 unspecified atom stereocenters. The average molecular weight is 253 g/mol. The molecule has 0 saturated heterocycles. The minimum atomic E-state index is 0.536. The Balaban J connectivity index is 2.71. The molecule has 2 heterocycles. The van der Waals surface area contributed by atoms with Gasteiger partial charge in [0.2, 0.25) is 5.95 Å². The molecule has 0 aliphatic heterocycles. The van der Waals surface area contributed by atoms with E-state index >= 15 is 0 Å². The maximum absolute atomic E-state index is 6.05. The standard InChI is InChI=1S/C12H17ClN4/c1-5-6-8-11-9(7-10(13)14-8)17(4)12(15-11)16(2)3/h7H,5-6H2,1-4H3. The zero-order valence-electron chi connectivity index (χ0n) is 10.7. The number of fused-ring (bicyclic) bond motifs is 1. The third-order valence-corrected chi connectivity index (χ3v) is 2.97. The van der Waals surface area contributed by atoms with Gasteiger partial charge in [-0.2, -0.15) is 0 Å². The predicted molar refractivity (Wildman–Crippen MR) is 71.8 cm³/mol. The summed E-state index contributed by atoms with van der Waals surface area (Å²) in [5.74, 6) is 0.918. The van der Waals surface area contributed by atoms with Gasteiger partial charge in [0.05, 0.1) is 11.2 Å². The first-order valence-electron chi connectivity index (χ1n) is 5.73. The number of halogens is 1. The number of rotatable bonds is 3. The van der Waals surface area contributed by atoms with E-state index in [1.807, 2.05) is 36.7 Å². The van der Waals surface area contributed by atoms with Crippen LogP contribution in [0.2, 0.25) is 5.15 Å². The van der Waals surface area contributed by atoms with E-state index in [0.29, 0.717) is 5.15 Å². The highest BCUT2D eigenvalue weighted by molar-refractivity contribution is 6.30. The predicted octanol–water partition coefficient (Wildman–Crippen LogP) is 2.64. The third kappa shape index (κ3) is 2.09. The number of hydrogen-bond donors (Lipinski definition) is 0. The number of nitrogens with zero attached hydrogens (tertiary/aromatic N) is 4. The topological polar surface area (TPSA) is 34.0 Å². The maximum atomic E-state index is 6.05. The molecule has 2 rings (SSSR count). The lowest BCUT2D eigenvalue weighted by molar-refractivity contribution is 0.890. The molecule has 92 valence electrons. The molecule has 0 spiro atoms. The molecule has 0 aliphatic rings. The van der Waals surface area contributed by atoms with Crippen molar-refractivity contribution in [2.45, 2.75) is 19.8 Å². The van der Waals surface area contributed by atoms with E-state index in [4.69, 9.17) is 11.6 Å². The summed E-state index contributed by atoms with van der Waals surface area (Å²) in [6.45, 7) is 2.13. The van der Waals surface area contributed by atoms with E-state index in [-0.39, 0.29) is 0 Å². The first-order chi connectivity index (χ1) is 8.04. The molecule has 0 atom stereocenters. The van der Waals surface area contributed by atoms with Crippen LogP contribution >= 0.6 is 11.6 Å². The van der Waals surface area contributed by atoms with Gasteiger partial charge in [-0.1, -0.05) is 24.9 Å². The Bertz CT molecular complexity index is 545. The zero-order chi connectivity index (χ0) is 12.6. The molecule has 0 amide bonds. The van der Waals surface area contributed by atoms with Crippen molar-refractivity contribution in [2.75, 3.05) is 19.0 Å². The Kier molecular flexibility index (Phi) is 3.24. The fourth-order valence-corrected chi connectivity index (χ4v) is 2.22. The lowest BCUT2D eigenvalue weighted by Crippen LogP contribution is -2.13. The van der Waals surface area contributed by atoms with E-state index in [1.165, 1.54) is 0 Å². The van der Waals surface area contributed by atoms with Gasteiger partial charge < -0.3 is 9.47 Å². The first kappa shape index (κ1) is 12.2. The van der Waals surface area contributed by atoms with Crippen LogP contribution in [0.3, 0.4) is 0 Å². The second-order valence-electron chi connectivity index (χ2n) is 4.37. The largest absolute Gasteiger partial charge is 0.348 e. The van der Waals surface area contributed by atoms with Crippen molar-refractivity contribution in [1.29, 1.82) is 0 Å². The molecule has 2 aromatic rings. The van der Waals surface area contributed by atoms with Crippen LogP contribution in [0.5, 0.6) is 0 Å². The van der Waals surface area contributed by atoms with Crippen molar-refractivity contribution in [1.82, 2.24) is 14.5 Å². The lowest BCUT2D eigenvalue weighted by Gasteiger charge is -2.10. The molecule has 0 saturated carbocycles. The van der Waals surface area contributed by atoms with Crippen LogP contribution in [-0.4, -0.2) is 28.6 Å². The highest BCUT2D eigenvalue weighted by Gasteiger charge is 2.14. The van der Waals surface area contributed by atoms with E-state index < -0.39 is 0 Å². The minimum absolute atomic E-state index is 0.536. The summed E-state index contributed by atoms with van der Waals surface area (Å²) >= 11 is 6.05. The van der Waals surface area contributed by atoms with E-state index in [1.54, 1.807) is 0 Å². The van der Waals surface area contributed by atoms with E-state index in [9.17, 15) is 0 Å². The van der Waals surface area contributed by atoms with Gasteiger partial charge in [0.1, 0.15) is 10.7 Å². The maximum Gasteiger partial charge on any atom is 0.205 e. The van der Waals surface area contributed by atoms with Gasteiger partial charge in [-0.05, 0) is 6.42 Å². The van der Waals surface area contributed by atoms with Crippen LogP contribution in [-0.2, 0) is 13.5 Å². The fraction of sp³-hybridized carbons (Fsp3) is 0.500. The number of hydrogen-bond acceptors (Lipinski definition) is 3. The van der Waals surface area contributed by atoms with Crippen molar-refractivity contribution < 1.29 is 0 Å². The number of imidazole rings is 1. The van der Waals surface area contributed by atoms with Crippen molar-refractivity contribution in [3.8, 4) is 0 Å². The summed E-state index contributed by atoms with van der Waals surface area (Å²) in [7, 11) is 5.96. The molecular weight excluding hydrogens is 236 g/mol. The van der Waals surface area contributed by atoms with Crippen molar-refractivity contribution >= 4 is 28.6 Å². The number of aryl methyl sites for hydroxylation is 2. The van der Waals surface area contributed by atoms with Crippen molar-refractivity contribution in [3.05, 3.63) is 16.9 Å². The van der Waals surface area contributed by atoms with Gasteiger partial charge in [0.25, 0.3) is 0 Å². The van der Waals surface area contributed by atoms with Crippen molar-refractivity contribution in [3.63, 3.8) is 0 Å². The van der Waals surface area contributed by atoms with Gasteiger partial charge >= 0.3 is 0 Å². The molecule has 0 aliphatic carbocycles. The summed E-state index contributed by atoms with van der Waals surface area (Å²) in [6, 6.07) is 1.87. The Morgan fingerprint density at radius 3 is 2.65 bits per heavy atom. The molecule has 0 radical (unpaired) electrons. The highest BCUT2D eigenvalue weighted by Crippen LogP contribution is 2.25. The Morgan fingerprint density at radius 1 is 1.35 bits per heavy atom. The van der Waals surface area contributed by atoms with Gasteiger partial charge in [0, 0.05) is 27.2 Å². The minimum Gasteiger partial charge on any atom is -0.348 e. The zero-order valence-corrected chi connectivity index (χ0v) is 11.4. The lowest BCUT2D eigenvalue weighted by atomic mass is 10.2. The van der Waals surface area contributed by atoms with Crippen LogP contribution in [0.25, 0.3) is 11.0 Å². The molecule has 0 N–H and O–H groups in total. The Labute approximate surface area is 106 Å². The summed E-state index contributed by atoms with van der Waals surface area (Å²) in [4.78, 5) is 11.0. The molecule has 5 heteroatoms. The summed E-state index contributed by atoms with van der Waals surface area (Å²) in [5, 5.41) is 0.536. The summed E-state index contributed by atoms with van der Waals surface area (Å²) < 4.78 is 2.04. The smallest absolute Gasteiger partial charge is 0.205 e. The van der Waals surface area contributed by atoms with Crippen LogP contribution < -0.4 is 4.90 Å². The molecule has 4 nitrogen and oxygen atoms in total. The van der Waals surface area contributed by atoms with Crippen molar-refractivity contribution in [2.24, 2.45) is 7.05 Å². The molecule has 17 heavy (non-hydrogen) atoms. The second-order valence-corrected chi connectivity index (χ2v) is 4.76. The molecule has 0 aromatic carbocycles. The van der Waals surface area contributed by atoms with Crippen LogP contribution in [0.1, 0.15) is 19.0 Å². The monoisotopic (exact) mass is 252 g/mol. The quantitative estimate of drug-likeness (QED) is 0.788. The molecule has 0 bridgehead atoms. The van der Waals surface area contributed by atoms with Crippen LogP contribution in [0, 0.1) is 0 Å². The second kappa shape index (κ2) is 4.53. The summed E-state index contributed by atoms with van der Waals surface area (Å²) in [5.41, 5.74) is 2.98. The number of aromatic nitrogens is 3. The first-order valence-corrected chi connectivity index (χ1v) is 6.11. The fourth-order valence-electron chi connectivity index (χ4n) is 2.01. The van der Waals surface area contributed by atoms with Gasteiger partial charge in [-0.3, -0.25) is 0 Å². The third-order valence-electron chi connectivity index (χ3n) is 2.77. The Morgan fingerprint density at radius 2 is 2.06 bits per heavy atom. The number of pyridine rings is 1. The van der Waals surface area contributed by atoms with E-state index in [0.717, 1.165) is 35.5 Å². The normalized spacial score (nSPS) is 11.1. The molecule has 2 aromatic heterocycles. The summed E-state index contributed by atoms with van der Waals surface area (Å²) in [6.07, 6.45) is 1.94.